The number of benzene rings is 2. The van der Waals surface area contributed by atoms with E-state index in [1.54, 1.807) is 7.11 Å². The first-order chi connectivity index (χ1) is 11.2. The molecule has 4 heteroatoms. The number of methoxy groups -OCH3 is 1. The van der Waals surface area contributed by atoms with Crippen molar-refractivity contribution in [2.75, 3.05) is 20.8 Å². The van der Waals surface area contributed by atoms with Gasteiger partial charge < -0.3 is 9.47 Å². The highest BCUT2D eigenvalue weighted by Crippen LogP contribution is 2.30. The van der Waals surface area contributed by atoms with E-state index in [1.165, 1.54) is 0 Å². The Morgan fingerprint density at radius 2 is 1.87 bits per heavy atom. The molecule has 2 aromatic rings. The van der Waals surface area contributed by atoms with Crippen LogP contribution in [0.1, 0.15) is 28.6 Å². The minimum atomic E-state index is -0.0788. The molecule has 1 heterocycles. The highest BCUT2D eigenvalue weighted by Gasteiger charge is 2.33. The molecule has 0 aliphatic carbocycles. The van der Waals surface area contributed by atoms with Crippen molar-refractivity contribution in [2.24, 2.45) is 0 Å². The molecule has 120 valence electrons. The molecule has 0 aromatic heterocycles. The third-order valence-electron chi connectivity index (χ3n) is 4.31. The maximum atomic E-state index is 12.5. The zero-order valence-electron chi connectivity index (χ0n) is 13.4. The van der Waals surface area contributed by atoms with Gasteiger partial charge in [0.05, 0.1) is 13.7 Å². The molecule has 23 heavy (non-hydrogen) atoms. The van der Waals surface area contributed by atoms with E-state index >= 15 is 0 Å². The second kappa shape index (κ2) is 6.94. The smallest absolute Gasteiger partial charge is 0.164 e. The number of carbonyl (C=O) groups is 1. The van der Waals surface area contributed by atoms with Crippen LogP contribution in [0.3, 0.4) is 0 Å². The van der Waals surface area contributed by atoms with E-state index in [-0.39, 0.29) is 18.1 Å². The van der Waals surface area contributed by atoms with Gasteiger partial charge in [0.15, 0.2) is 5.78 Å². The second-order valence-corrected chi connectivity index (χ2v) is 5.77. The minimum absolute atomic E-state index is 0.0788. The second-order valence-electron chi connectivity index (χ2n) is 5.77. The molecular weight excluding hydrogens is 290 g/mol. The van der Waals surface area contributed by atoms with Gasteiger partial charge in [-0.15, -0.1) is 0 Å². The molecule has 0 radical (unpaired) electrons. The van der Waals surface area contributed by atoms with Crippen molar-refractivity contribution in [3.8, 4) is 5.75 Å². The molecule has 0 amide bonds. The lowest BCUT2D eigenvalue weighted by molar-refractivity contribution is 0.0430. The Morgan fingerprint density at radius 3 is 2.52 bits per heavy atom. The Bertz CT molecular complexity index is 654. The van der Waals surface area contributed by atoms with Crippen molar-refractivity contribution in [1.29, 1.82) is 0 Å². The van der Waals surface area contributed by atoms with Crippen molar-refractivity contribution < 1.29 is 14.3 Å². The number of ketones is 1. The van der Waals surface area contributed by atoms with Gasteiger partial charge in [-0.05, 0) is 36.9 Å². The van der Waals surface area contributed by atoms with Crippen LogP contribution in [0.2, 0.25) is 0 Å². The van der Waals surface area contributed by atoms with Crippen LogP contribution in [0.4, 0.5) is 0 Å². The summed E-state index contributed by atoms with van der Waals surface area (Å²) >= 11 is 0. The molecule has 0 saturated carbocycles. The maximum absolute atomic E-state index is 12.5. The van der Waals surface area contributed by atoms with Gasteiger partial charge >= 0.3 is 0 Å². The molecule has 0 unspecified atom stereocenters. The van der Waals surface area contributed by atoms with E-state index in [2.05, 4.69) is 17.0 Å². The fourth-order valence-electron chi connectivity index (χ4n) is 2.89. The van der Waals surface area contributed by atoms with Gasteiger partial charge in [-0.3, -0.25) is 9.69 Å². The summed E-state index contributed by atoms with van der Waals surface area (Å²) in [4.78, 5) is 14.6. The Hall–Kier alpha value is -2.17. The number of hydrogen-bond donors (Lipinski definition) is 0. The number of carbonyl (C=O) groups excluding carboxylic acids is 1. The van der Waals surface area contributed by atoms with Crippen molar-refractivity contribution in [3.05, 3.63) is 65.7 Å². The molecule has 2 aromatic carbocycles. The molecule has 0 spiro atoms. The molecule has 0 bridgehead atoms. The fraction of sp³-hybridized carbons (Fsp3) is 0.316. The van der Waals surface area contributed by atoms with E-state index < -0.39 is 0 Å². The average molecular weight is 311 g/mol. The third kappa shape index (κ3) is 3.44. The van der Waals surface area contributed by atoms with Crippen LogP contribution in [0.5, 0.6) is 5.75 Å². The van der Waals surface area contributed by atoms with Gasteiger partial charge in [-0.1, -0.05) is 30.3 Å². The van der Waals surface area contributed by atoms with Crippen molar-refractivity contribution >= 4 is 5.78 Å². The summed E-state index contributed by atoms with van der Waals surface area (Å²) in [5.41, 5.74) is 1.83. The van der Waals surface area contributed by atoms with Crippen LogP contribution in [0.25, 0.3) is 0 Å². The first-order valence-corrected chi connectivity index (χ1v) is 7.75. The van der Waals surface area contributed by atoms with E-state index in [9.17, 15) is 4.79 Å². The lowest BCUT2D eigenvalue weighted by Gasteiger charge is -2.23. The van der Waals surface area contributed by atoms with E-state index in [0.29, 0.717) is 18.6 Å². The largest absolute Gasteiger partial charge is 0.497 e. The number of nitrogens with zero attached hydrogens (tertiary/aromatic N) is 1. The van der Waals surface area contributed by atoms with Gasteiger partial charge in [-0.2, -0.15) is 0 Å². The number of Topliss-reactive ketones (excluding diaryl/α,β-unsaturated/α-hetero) is 1. The zero-order chi connectivity index (χ0) is 16.2. The van der Waals surface area contributed by atoms with Crippen molar-refractivity contribution in [2.45, 2.75) is 18.7 Å². The third-order valence-corrected chi connectivity index (χ3v) is 4.31. The highest BCUT2D eigenvalue weighted by atomic mass is 16.5. The van der Waals surface area contributed by atoms with Crippen LogP contribution < -0.4 is 4.74 Å². The molecule has 0 N–H and O–H groups in total. The zero-order valence-corrected chi connectivity index (χ0v) is 13.4. The number of likely N-dealkylation sites (N-methyl/N-ethyl adjacent to an activating group) is 1. The predicted octanol–water partition coefficient (Wildman–Crippen LogP) is 3.30. The normalized spacial score (nSPS) is 21.3. The Morgan fingerprint density at radius 1 is 1.17 bits per heavy atom. The van der Waals surface area contributed by atoms with Crippen LogP contribution in [0.15, 0.2) is 54.6 Å². The fourth-order valence-corrected chi connectivity index (χ4v) is 2.89. The first kappa shape index (κ1) is 15.7. The van der Waals surface area contributed by atoms with Gasteiger partial charge in [0.2, 0.25) is 0 Å². The molecule has 1 fully saturated rings. The molecule has 2 atom stereocenters. The summed E-state index contributed by atoms with van der Waals surface area (Å²) < 4.78 is 11.0. The number of hydrogen-bond acceptors (Lipinski definition) is 4. The Balaban J connectivity index is 1.65. The molecule has 3 rings (SSSR count). The molecule has 1 saturated heterocycles. The Labute approximate surface area is 136 Å². The number of rotatable bonds is 5. The highest BCUT2D eigenvalue weighted by molar-refractivity contribution is 5.96. The maximum Gasteiger partial charge on any atom is 0.164 e. The quantitative estimate of drug-likeness (QED) is 0.794. The van der Waals surface area contributed by atoms with E-state index in [4.69, 9.17) is 9.47 Å². The number of ether oxygens (including phenoxy) is 2. The molecule has 1 aliphatic rings. The van der Waals surface area contributed by atoms with Crippen LogP contribution in [-0.4, -0.2) is 37.5 Å². The summed E-state index contributed by atoms with van der Waals surface area (Å²) in [7, 11) is 3.63. The standard InChI is InChI=1S/C19H21NO3/c1-20-16(13-23-19(20)15-6-4-3-5-7-15)12-18(21)14-8-10-17(22-2)11-9-14/h3-11,16,19H,12-13H2,1-2H3/t16-,19+/m1/s1. The van der Waals surface area contributed by atoms with Crippen molar-refractivity contribution in [3.63, 3.8) is 0 Å². The van der Waals surface area contributed by atoms with Crippen molar-refractivity contribution in [1.82, 2.24) is 4.90 Å². The van der Waals surface area contributed by atoms with Crippen LogP contribution >= 0.6 is 0 Å². The van der Waals surface area contributed by atoms with E-state index in [1.807, 2.05) is 49.5 Å². The monoisotopic (exact) mass is 311 g/mol. The summed E-state index contributed by atoms with van der Waals surface area (Å²) in [5.74, 6) is 0.883. The SMILES string of the molecule is COc1ccc(C(=O)C[C@@H]2CO[C@@H](c3ccccc3)N2C)cc1. The van der Waals surface area contributed by atoms with Crippen LogP contribution in [0, 0.1) is 0 Å². The summed E-state index contributed by atoms with van der Waals surface area (Å²) in [6.45, 7) is 0.567. The van der Waals surface area contributed by atoms with Gasteiger partial charge in [-0.25, -0.2) is 0 Å². The van der Waals surface area contributed by atoms with Crippen LogP contribution in [-0.2, 0) is 4.74 Å². The van der Waals surface area contributed by atoms with Gasteiger partial charge in [0.1, 0.15) is 12.0 Å². The lowest BCUT2D eigenvalue weighted by atomic mass is 10.0. The Kier molecular flexibility index (Phi) is 4.74. The van der Waals surface area contributed by atoms with Gasteiger partial charge in [0.25, 0.3) is 0 Å². The molecule has 1 aliphatic heterocycles. The summed E-state index contributed by atoms with van der Waals surface area (Å²) in [6, 6.07) is 17.4. The lowest BCUT2D eigenvalue weighted by Crippen LogP contribution is -2.31. The molecule has 4 nitrogen and oxygen atoms in total. The molecular formula is C19H21NO3. The predicted molar refractivity (Wildman–Crippen MR) is 88.6 cm³/mol. The minimum Gasteiger partial charge on any atom is -0.497 e. The summed E-state index contributed by atoms with van der Waals surface area (Å²) in [6.07, 6.45) is 0.372. The van der Waals surface area contributed by atoms with E-state index in [0.717, 1.165) is 11.3 Å². The topological polar surface area (TPSA) is 38.8 Å². The average Bonchev–Trinajstić information content (AvgIpc) is 2.96. The van der Waals surface area contributed by atoms with Gasteiger partial charge in [0, 0.05) is 18.0 Å². The first-order valence-electron chi connectivity index (χ1n) is 7.75. The summed E-state index contributed by atoms with van der Waals surface area (Å²) in [5, 5.41) is 0.